The topological polar surface area (TPSA) is 48.7 Å². The van der Waals surface area contributed by atoms with Crippen LogP contribution in [0.2, 0.25) is 0 Å². The molecule has 1 saturated heterocycles. The normalized spacial score (nSPS) is 20.9. The van der Waals surface area contributed by atoms with Gasteiger partial charge in [0, 0.05) is 0 Å². The fourth-order valence-corrected chi connectivity index (χ4v) is 1.14. The van der Waals surface area contributed by atoms with Gasteiger partial charge in [-0.3, -0.25) is 4.79 Å². The lowest BCUT2D eigenvalue weighted by molar-refractivity contribution is -0.175. The molecule has 0 aliphatic carbocycles. The Morgan fingerprint density at radius 3 is 3.08 bits per heavy atom. The van der Waals surface area contributed by atoms with Crippen molar-refractivity contribution in [2.45, 2.75) is 19.1 Å². The lowest BCUT2D eigenvalue weighted by atomic mass is 10.2. The van der Waals surface area contributed by atoms with Crippen molar-refractivity contribution >= 4 is 5.97 Å². The monoisotopic (exact) mass is 182 g/mol. The molecule has 0 amide bonds. The first-order chi connectivity index (χ1) is 6.34. The van der Waals surface area contributed by atoms with Gasteiger partial charge in [-0.2, -0.15) is 0 Å². The lowest BCUT2D eigenvalue weighted by Gasteiger charge is -2.24. The fourth-order valence-electron chi connectivity index (χ4n) is 1.14. The van der Waals surface area contributed by atoms with Crippen molar-refractivity contribution in [2.75, 3.05) is 6.61 Å². The number of cyclic esters (lactones) is 1. The summed E-state index contributed by atoms with van der Waals surface area (Å²) in [6.45, 7) is 0.882. The number of carbonyl (C=O) groups is 1. The third kappa shape index (κ3) is 2.09. The predicted octanol–water partition coefficient (Wildman–Crippen LogP) is 1.11. The first-order valence-corrected chi connectivity index (χ1v) is 4.14. The van der Waals surface area contributed by atoms with Crippen LogP contribution in [0.1, 0.15) is 12.2 Å². The summed E-state index contributed by atoms with van der Waals surface area (Å²) in [5.41, 5.74) is 0. The Morgan fingerprint density at radius 2 is 2.46 bits per heavy atom. The summed E-state index contributed by atoms with van der Waals surface area (Å²) >= 11 is 0. The lowest BCUT2D eigenvalue weighted by Crippen LogP contribution is -2.36. The molecule has 0 spiro atoms. The molecule has 0 saturated carbocycles. The fraction of sp³-hybridized carbons (Fsp3) is 0.444. The first kappa shape index (κ1) is 8.31. The van der Waals surface area contributed by atoms with Gasteiger partial charge in [0.05, 0.1) is 19.3 Å². The van der Waals surface area contributed by atoms with Crippen LogP contribution in [-0.2, 0) is 20.9 Å². The van der Waals surface area contributed by atoms with Crippen LogP contribution in [0.25, 0.3) is 0 Å². The van der Waals surface area contributed by atoms with Crippen molar-refractivity contribution in [1.82, 2.24) is 0 Å². The smallest absolute Gasteiger partial charge is 0.310 e. The molecule has 4 nitrogen and oxygen atoms in total. The molecule has 0 radical (unpaired) electrons. The highest BCUT2D eigenvalue weighted by Gasteiger charge is 2.28. The van der Waals surface area contributed by atoms with Gasteiger partial charge in [0.25, 0.3) is 0 Å². The van der Waals surface area contributed by atoms with Crippen LogP contribution >= 0.6 is 0 Å². The van der Waals surface area contributed by atoms with Crippen molar-refractivity contribution in [3.8, 4) is 0 Å². The number of carbonyl (C=O) groups excluding carboxylic acids is 1. The predicted molar refractivity (Wildman–Crippen MR) is 42.9 cm³/mol. The third-order valence-corrected chi connectivity index (χ3v) is 1.82. The van der Waals surface area contributed by atoms with Crippen molar-refractivity contribution < 1.29 is 18.7 Å². The van der Waals surface area contributed by atoms with Crippen LogP contribution in [0.3, 0.4) is 0 Å². The van der Waals surface area contributed by atoms with Crippen LogP contribution in [0.15, 0.2) is 22.8 Å². The van der Waals surface area contributed by atoms with Gasteiger partial charge in [0.2, 0.25) is 0 Å². The molecular formula is C9H10O4. The summed E-state index contributed by atoms with van der Waals surface area (Å²) in [4.78, 5) is 10.4. The maximum atomic E-state index is 10.4. The minimum atomic E-state index is -0.147. The average molecular weight is 182 g/mol. The van der Waals surface area contributed by atoms with E-state index in [4.69, 9.17) is 13.9 Å². The van der Waals surface area contributed by atoms with Crippen LogP contribution in [0.5, 0.6) is 0 Å². The Hall–Kier alpha value is -1.29. The zero-order valence-electron chi connectivity index (χ0n) is 7.06. The molecule has 0 bridgehead atoms. The molecule has 4 heteroatoms. The van der Waals surface area contributed by atoms with Gasteiger partial charge >= 0.3 is 5.97 Å². The van der Waals surface area contributed by atoms with E-state index in [0.717, 1.165) is 5.76 Å². The van der Waals surface area contributed by atoms with Crippen molar-refractivity contribution in [3.05, 3.63) is 24.2 Å². The van der Waals surface area contributed by atoms with Gasteiger partial charge in [-0.1, -0.05) is 0 Å². The summed E-state index contributed by atoms with van der Waals surface area (Å²) in [7, 11) is 0. The maximum absolute atomic E-state index is 10.4. The molecule has 1 aliphatic heterocycles. The number of hydrogen-bond acceptors (Lipinski definition) is 4. The third-order valence-electron chi connectivity index (χ3n) is 1.82. The summed E-state index contributed by atoms with van der Waals surface area (Å²) in [5, 5.41) is 0. The summed E-state index contributed by atoms with van der Waals surface area (Å²) in [5.74, 6) is 0.636. The minimum Gasteiger partial charge on any atom is -0.467 e. The number of ether oxygens (including phenoxy) is 2. The minimum absolute atomic E-state index is 0.0533. The molecule has 1 aliphatic rings. The summed E-state index contributed by atoms with van der Waals surface area (Å²) in [6.07, 6.45) is 2.02. The zero-order valence-corrected chi connectivity index (χ0v) is 7.06. The van der Waals surface area contributed by atoms with Gasteiger partial charge in [-0.05, 0) is 12.1 Å². The Bertz CT molecular complexity index is 270. The van der Waals surface area contributed by atoms with Crippen LogP contribution in [0.4, 0.5) is 0 Å². The Morgan fingerprint density at radius 1 is 1.62 bits per heavy atom. The summed E-state index contributed by atoms with van der Waals surface area (Å²) < 4.78 is 15.1. The molecule has 70 valence electrons. The van der Waals surface area contributed by atoms with Crippen LogP contribution in [0, 0.1) is 0 Å². The second-order valence-electron chi connectivity index (χ2n) is 2.91. The van der Waals surface area contributed by atoms with Gasteiger partial charge in [0.15, 0.2) is 0 Å². The van der Waals surface area contributed by atoms with Crippen LogP contribution < -0.4 is 0 Å². The second-order valence-corrected chi connectivity index (χ2v) is 2.91. The maximum Gasteiger partial charge on any atom is 0.310 e. The molecule has 13 heavy (non-hydrogen) atoms. The van der Waals surface area contributed by atoms with E-state index in [1.807, 2.05) is 12.1 Å². The number of esters is 1. The van der Waals surface area contributed by atoms with Gasteiger partial charge in [-0.25, -0.2) is 0 Å². The highest BCUT2D eigenvalue weighted by molar-refractivity contribution is 5.75. The van der Waals surface area contributed by atoms with E-state index in [0.29, 0.717) is 19.6 Å². The molecule has 0 aromatic carbocycles. The van der Waals surface area contributed by atoms with E-state index in [9.17, 15) is 4.79 Å². The molecular weight excluding hydrogens is 172 g/mol. The van der Waals surface area contributed by atoms with E-state index >= 15 is 0 Å². The quantitative estimate of drug-likeness (QED) is 0.654. The van der Waals surface area contributed by atoms with Crippen LogP contribution in [-0.4, -0.2) is 18.7 Å². The van der Waals surface area contributed by atoms with E-state index in [1.54, 1.807) is 6.26 Å². The Kier molecular flexibility index (Phi) is 2.31. The molecule has 2 rings (SSSR count). The van der Waals surface area contributed by atoms with E-state index in [1.165, 1.54) is 0 Å². The molecule has 2 heterocycles. The molecule has 1 fully saturated rings. The summed E-state index contributed by atoms with van der Waals surface area (Å²) in [6, 6.07) is 3.65. The van der Waals surface area contributed by atoms with E-state index in [-0.39, 0.29) is 12.1 Å². The number of hydrogen-bond donors (Lipinski definition) is 0. The van der Waals surface area contributed by atoms with E-state index < -0.39 is 0 Å². The largest absolute Gasteiger partial charge is 0.467 e. The highest BCUT2D eigenvalue weighted by Crippen LogP contribution is 2.13. The SMILES string of the molecule is O=C1CC(COCc2ccco2)O1. The molecule has 1 aromatic rings. The number of rotatable bonds is 4. The number of furan rings is 1. The molecule has 1 atom stereocenters. The Labute approximate surface area is 75.4 Å². The second kappa shape index (κ2) is 3.62. The van der Waals surface area contributed by atoms with E-state index in [2.05, 4.69) is 0 Å². The molecule has 1 aromatic heterocycles. The van der Waals surface area contributed by atoms with Crippen molar-refractivity contribution in [3.63, 3.8) is 0 Å². The van der Waals surface area contributed by atoms with Gasteiger partial charge in [-0.15, -0.1) is 0 Å². The average Bonchev–Trinajstić information content (AvgIpc) is 2.53. The Balaban J connectivity index is 1.62. The van der Waals surface area contributed by atoms with Crippen molar-refractivity contribution in [2.24, 2.45) is 0 Å². The molecule has 1 unspecified atom stereocenters. The van der Waals surface area contributed by atoms with Gasteiger partial charge < -0.3 is 13.9 Å². The highest BCUT2D eigenvalue weighted by atomic mass is 16.6. The standard InChI is InChI=1S/C9H10O4/c10-9-4-8(13-9)6-11-5-7-2-1-3-12-7/h1-3,8H,4-6H2. The van der Waals surface area contributed by atoms with Crippen molar-refractivity contribution in [1.29, 1.82) is 0 Å². The van der Waals surface area contributed by atoms with Gasteiger partial charge in [0.1, 0.15) is 18.5 Å². The molecule has 0 N–H and O–H groups in total. The first-order valence-electron chi connectivity index (χ1n) is 4.14. The zero-order chi connectivity index (χ0) is 9.10.